The van der Waals surface area contributed by atoms with Gasteiger partial charge in [-0.15, -0.1) is 0 Å². The van der Waals surface area contributed by atoms with Crippen LogP contribution in [0.25, 0.3) is 0 Å². The van der Waals surface area contributed by atoms with Gasteiger partial charge in [0.15, 0.2) is 0 Å². The van der Waals surface area contributed by atoms with Gasteiger partial charge in [-0.1, -0.05) is 19.9 Å². The lowest BCUT2D eigenvalue weighted by molar-refractivity contribution is 0.280. The predicted molar refractivity (Wildman–Crippen MR) is 78.9 cm³/mol. The summed E-state index contributed by atoms with van der Waals surface area (Å²) in [5.41, 5.74) is 1.58. The molecule has 4 nitrogen and oxygen atoms in total. The highest BCUT2D eigenvalue weighted by Gasteiger charge is 2.38. The number of aliphatic hydroxyl groups is 1. The van der Waals surface area contributed by atoms with Crippen molar-refractivity contribution in [3.8, 4) is 0 Å². The second kappa shape index (κ2) is 5.84. The first-order valence-electron chi connectivity index (χ1n) is 7.08. The molecule has 2 rings (SSSR count). The third-order valence-electron chi connectivity index (χ3n) is 3.60. The quantitative estimate of drug-likeness (QED) is 0.876. The maximum Gasteiger partial charge on any atom is 0.243 e. The molecule has 0 aliphatic heterocycles. The van der Waals surface area contributed by atoms with E-state index in [1.807, 2.05) is 20.8 Å². The van der Waals surface area contributed by atoms with Crippen LogP contribution in [0.2, 0.25) is 0 Å². The summed E-state index contributed by atoms with van der Waals surface area (Å²) in [5, 5.41) is 9.31. The van der Waals surface area contributed by atoms with E-state index < -0.39 is 10.0 Å². The summed E-state index contributed by atoms with van der Waals surface area (Å²) in [4.78, 5) is 0.291. The third-order valence-corrected chi connectivity index (χ3v) is 5.51. The molecule has 20 heavy (non-hydrogen) atoms. The first-order valence-corrected chi connectivity index (χ1v) is 8.52. The molecule has 0 bridgehead atoms. The minimum atomic E-state index is -3.46. The zero-order chi connectivity index (χ0) is 14.9. The standard InChI is InChI=1S/C15H23NO3S/c1-11(2)9-16(14-5-6-14)20(18,19)15-7-4-12(3)13(8-15)10-17/h4,7-8,11,14,17H,5-6,9-10H2,1-3H3. The van der Waals surface area contributed by atoms with E-state index in [4.69, 9.17) is 0 Å². The topological polar surface area (TPSA) is 57.6 Å². The fourth-order valence-corrected chi connectivity index (χ4v) is 4.18. The number of nitrogens with zero attached hydrogens (tertiary/aromatic N) is 1. The Balaban J connectivity index is 2.37. The summed E-state index contributed by atoms with van der Waals surface area (Å²) in [5.74, 6) is 0.299. The van der Waals surface area contributed by atoms with Crippen molar-refractivity contribution in [2.24, 2.45) is 5.92 Å². The van der Waals surface area contributed by atoms with Gasteiger partial charge in [-0.2, -0.15) is 4.31 Å². The molecule has 1 aromatic rings. The van der Waals surface area contributed by atoms with E-state index in [2.05, 4.69) is 0 Å². The lowest BCUT2D eigenvalue weighted by Crippen LogP contribution is -2.36. The second-order valence-corrected chi connectivity index (χ2v) is 7.84. The Hall–Kier alpha value is -0.910. The number of rotatable bonds is 6. The van der Waals surface area contributed by atoms with Gasteiger partial charge >= 0.3 is 0 Å². The number of sulfonamides is 1. The van der Waals surface area contributed by atoms with Crippen molar-refractivity contribution in [2.75, 3.05) is 6.54 Å². The average Bonchev–Trinajstić information content (AvgIpc) is 3.20. The smallest absolute Gasteiger partial charge is 0.243 e. The fraction of sp³-hybridized carbons (Fsp3) is 0.600. The molecule has 1 aliphatic carbocycles. The molecule has 1 aliphatic rings. The van der Waals surface area contributed by atoms with Gasteiger partial charge in [0.1, 0.15) is 0 Å². The normalized spacial score (nSPS) is 16.1. The van der Waals surface area contributed by atoms with Crippen LogP contribution in [0.1, 0.15) is 37.8 Å². The molecule has 0 radical (unpaired) electrons. The van der Waals surface area contributed by atoms with E-state index in [1.165, 1.54) is 0 Å². The van der Waals surface area contributed by atoms with Crippen LogP contribution in [0, 0.1) is 12.8 Å². The summed E-state index contributed by atoms with van der Waals surface area (Å²) < 4.78 is 27.2. The van der Waals surface area contributed by atoms with Crippen LogP contribution in [0.3, 0.4) is 0 Å². The van der Waals surface area contributed by atoms with E-state index in [0.29, 0.717) is 22.9 Å². The van der Waals surface area contributed by atoms with E-state index >= 15 is 0 Å². The summed E-state index contributed by atoms with van der Waals surface area (Å²) in [6, 6.07) is 5.15. The Morgan fingerprint density at radius 3 is 2.50 bits per heavy atom. The van der Waals surface area contributed by atoms with Crippen LogP contribution >= 0.6 is 0 Å². The lowest BCUT2D eigenvalue weighted by atomic mass is 10.1. The van der Waals surface area contributed by atoms with Crippen molar-refractivity contribution < 1.29 is 13.5 Å². The van der Waals surface area contributed by atoms with Crippen molar-refractivity contribution in [1.82, 2.24) is 4.31 Å². The van der Waals surface area contributed by atoms with Crippen molar-refractivity contribution in [1.29, 1.82) is 0 Å². The fourth-order valence-electron chi connectivity index (χ4n) is 2.28. The van der Waals surface area contributed by atoms with Crippen molar-refractivity contribution in [3.05, 3.63) is 29.3 Å². The van der Waals surface area contributed by atoms with Gasteiger partial charge < -0.3 is 5.11 Å². The van der Waals surface area contributed by atoms with Crippen molar-refractivity contribution in [3.63, 3.8) is 0 Å². The molecule has 0 spiro atoms. The van der Waals surface area contributed by atoms with Crippen LogP contribution < -0.4 is 0 Å². The van der Waals surface area contributed by atoms with Crippen LogP contribution in [0.15, 0.2) is 23.1 Å². The van der Waals surface area contributed by atoms with Crippen LogP contribution in [-0.2, 0) is 16.6 Å². The first-order chi connectivity index (χ1) is 9.36. The number of aryl methyl sites for hydroxylation is 1. The van der Waals surface area contributed by atoms with Gasteiger partial charge in [0, 0.05) is 12.6 Å². The molecule has 1 N–H and O–H groups in total. The second-order valence-electron chi connectivity index (χ2n) is 5.95. The van der Waals surface area contributed by atoms with E-state index in [-0.39, 0.29) is 12.6 Å². The molecule has 0 aromatic heterocycles. The van der Waals surface area contributed by atoms with Crippen molar-refractivity contribution in [2.45, 2.75) is 51.2 Å². The first kappa shape index (κ1) is 15.5. The molecule has 0 unspecified atom stereocenters. The van der Waals surface area contributed by atoms with Crippen LogP contribution in [-0.4, -0.2) is 30.4 Å². The van der Waals surface area contributed by atoms with E-state index in [1.54, 1.807) is 22.5 Å². The van der Waals surface area contributed by atoms with Gasteiger partial charge in [-0.3, -0.25) is 0 Å². The molecule has 0 saturated heterocycles. The molecule has 0 heterocycles. The molecule has 1 fully saturated rings. The number of aliphatic hydroxyl groups excluding tert-OH is 1. The largest absolute Gasteiger partial charge is 0.392 e. The molecule has 0 amide bonds. The molecule has 5 heteroatoms. The summed E-state index contributed by atoms with van der Waals surface area (Å²) in [6.07, 6.45) is 1.90. The SMILES string of the molecule is Cc1ccc(S(=O)(=O)N(CC(C)C)C2CC2)cc1CO. The molecular weight excluding hydrogens is 274 g/mol. The minimum Gasteiger partial charge on any atom is -0.392 e. The Morgan fingerprint density at radius 1 is 1.35 bits per heavy atom. The number of hydrogen-bond acceptors (Lipinski definition) is 3. The highest BCUT2D eigenvalue weighted by atomic mass is 32.2. The third kappa shape index (κ3) is 3.22. The van der Waals surface area contributed by atoms with Gasteiger partial charge in [-0.25, -0.2) is 8.42 Å². The maximum atomic E-state index is 12.8. The minimum absolute atomic E-state index is 0.136. The summed E-state index contributed by atoms with van der Waals surface area (Å²) >= 11 is 0. The van der Waals surface area contributed by atoms with E-state index in [9.17, 15) is 13.5 Å². The zero-order valence-corrected chi connectivity index (χ0v) is 13.2. The molecular formula is C15H23NO3S. The maximum absolute atomic E-state index is 12.8. The van der Waals surface area contributed by atoms with Crippen molar-refractivity contribution >= 4 is 10.0 Å². The molecule has 1 aromatic carbocycles. The average molecular weight is 297 g/mol. The van der Waals surface area contributed by atoms with Crippen LogP contribution in [0.5, 0.6) is 0 Å². The lowest BCUT2D eigenvalue weighted by Gasteiger charge is -2.24. The Kier molecular flexibility index (Phi) is 4.52. The summed E-state index contributed by atoms with van der Waals surface area (Å²) in [7, 11) is -3.46. The molecule has 0 atom stereocenters. The number of benzene rings is 1. The highest BCUT2D eigenvalue weighted by Crippen LogP contribution is 2.33. The van der Waals surface area contributed by atoms with Gasteiger partial charge in [0.2, 0.25) is 10.0 Å². The number of hydrogen-bond donors (Lipinski definition) is 1. The van der Waals surface area contributed by atoms with Crippen LogP contribution in [0.4, 0.5) is 0 Å². The zero-order valence-electron chi connectivity index (χ0n) is 12.3. The monoisotopic (exact) mass is 297 g/mol. The Morgan fingerprint density at radius 2 is 2.00 bits per heavy atom. The molecule has 112 valence electrons. The van der Waals surface area contributed by atoms with Gasteiger partial charge in [0.05, 0.1) is 11.5 Å². The van der Waals surface area contributed by atoms with E-state index in [0.717, 1.165) is 18.4 Å². The predicted octanol–water partition coefficient (Wildman–Crippen LogP) is 2.30. The summed E-state index contributed by atoms with van der Waals surface area (Å²) in [6.45, 7) is 6.34. The van der Waals surface area contributed by atoms with Gasteiger partial charge in [0.25, 0.3) is 0 Å². The molecule has 1 saturated carbocycles. The highest BCUT2D eigenvalue weighted by molar-refractivity contribution is 7.89. The Labute approximate surface area is 121 Å². The Bertz CT molecular complexity index is 577. The van der Waals surface area contributed by atoms with Gasteiger partial charge in [-0.05, 0) is 48.9 Å².